The van der Waals surface area contributed by atoms with Gasteiger partial charge in [-0.1, -0.05) is 11.6 Å². The number of methoxy groups -OCH3 is 1. The van der Waals surface area contributed by atoms with Gasteiger partial charge in [-0.2, -0.15) is 4.98 Å². The minimum absolute atomic E-state index is 0.0529. The van der Waals surface area contributed by atoms with Crippen LogP contribution >= 0.6 is 23.2 Å². The van der Waals surface area contributed by atoms with Crippen LogP contribution in [0.3, 0.4) is 0 Å². The van der Waals surface area contributed by atoms with Gasteiger partial charge in [0.15, 0.2) is 11.0 Å². The summed E-state index contributed by atoms with van der Waals surface area (Å²) in [6.07, 6.45) is 0. The fourth-order valence-corrected chi connectivity index (χ4v) is 1.04. The van der Waals surface area contributed by atoms with E-state index in [1.165, 1.54) is 0 Å². The molecule has 0 radical (unpaired) electrons. The van der Waals surface area contributed by atoms with Crippen LogP contribution in [-0.4, -0.2) is 34.4 Å². The third kappa shape index (κ3) is 3.77. The van der Waals surface area contributed by atoms with Crippen molar-refractivity contribution in [3.8, 4) is 0 Å². The molecule has 0 aliphatic heterocycles. The number of anilines is 1. The first-order valence-electron chi connectivity index (χ1n) is 4.29. The third-order valence-corrected chi connectivity index (χ3v) is 2.27. The van der Waals surface area contributed by atoms with E-state index in [0.29, 0.717) is 12.4 Å². The average molecular weight is 251 g/mol. The molecule has 0 atom stereocenters. The molecule has 0 saturated carbocycles. The highest BCUT2D eigenvalue weighted by molar-refractivity contribution is 6.32. The van der Waals surface area contributed by atoms with Crippen LogP contribution in [0.1, 0.15) is 13.8 Å². The van der Waals surface area contributed by atoms with E-state index >= 15 is 0 Å². The Balaban J connectivity index is 2.69. The number of nitrogens with one attached hydrogen (secondary N) is 1. The Morgan fingerprint density at radius 1 is 1.33 bits per heavy atom. The highest BCUT2D eigenvalue weighted by Gasteiger charge is 2.17. The molecule has 0 saturated heterocycles. The number of aromatic nitrogens is 3. The molecule has 84 valence electrons. The molecule has 1 aromatic rings. The van der Waals surface area contributed by atoms with Crippen molar-refractivity contribution < 1.29 is 4.74 Å². The summed E-state index contributed by atoms with van der Waals surface area (Å²) in [6, 6.07) is 0. The maximum absolute atomic E-state index is 5.77. The van der Waals surface area contributed by atoms with E-state index in [-0.39, 0.29) is 16.0 Å². The number of hydrogen-bond donors (Lipinski definition) is 1. The first-order valence-corrected chi connectivity index (χ1v) is 5.05. The molecule has 0 spiro atoms. The first kappa shape index (κ1) is 12.4. The number of hydrogen-bond acceptors (Lipinski definition) is 5. The van der Waals surface area contributed by atoms with E-state index in [2.05, 4.69) is 20.5 Å². The van der Waals surface area contributed by atoms with Gasteiger partial charge in [0.1, 0.15) is 0 Å². The van der Waals surface area contributed by atoms with Crippen LogP contribution in [0.15, 0.2) is 0 Å². The van der Waals surface area contributed by atoms with Crippen molar-refractivity contribution in [3.05, 3.63) is 10.4 Å². The molecule has 1 aromatic heterocycles. The van der Waals surface area contributed by atoms with Crippen LogP contribution in [0.2, 0.25) is 10.4 Å². The molecule has 0 fully saturated rings. The quantitative estimate of drug-likeness (QED) is 0.886. The Hall–Kier alpha value is -0.650. The van der Waals surface area contributed by atoms with Crippen molar-refractivity contribution >= 4 is 29.0 Å². The maximum Gasteiger partial charge on any atom is 0.245 e. The topological polar surface area (TPSA) is 59.9 Å². The lowest BCUT2D eigenvalue weighted by Gasteiger charge is -2.23. The largest absolute Gasteiger partial charge is 0.377 e. The molecule has 0 bridgehead atoms. The Morgan fingerprint density at radius 2 is 2.00 bits per heavy atom. The number of rotatable bonds is 4. The van der Waals surface area contributed by atoms with Gasteiger partial charge in [0.25, 0.3) is 0 Å². The molecular weight excluding hydrogens is 239 g/mol. The number of nitrogens with zero attached hydrogens (tertiary/aromatic N) is 3. The fourth-order valence-electron chi connectivity index (χ4n) is 0.774. The van der Waals surface area contributed by atoms with Crippen molar-refractivity contribution in [2.75, 3.05) is 19.0 Å². The molecule has 0 aliphatic carbocycles. The molecule has 0 aliphatic rings. The third-order valence-electron chi connectivity index (χ3n) is 1.85. The zero-order chi connectivity index (χ0) is 11.5. The van der Waals surface area contributed by atoms with Crippen molar-refractivity contribution in [2.45, 2.75) is 19.4 Å². The second-order valence-corrected chi connectivity index (χ2v) is 4.23. The summed E-state index contributed by atoms with van der Waals surface area (Å²) in [4.78, 5) is 3.90. The van der Waals surface area contributed by atoms with Gasteiger partial charge in [-0.25, -0.2) is 0 Å². The van der Waals surface area contributed by atoms with Gasteiger partial charge in [-0.15, -0.1) is 10.2 Å². The highest BCUT2D eigenvalue weighted by Crippen LogP contribution is 2.18. The lowest BCUT2D eigenvalue weighted by atomic mass is 10.1. The Morgan fingerprint density at radius 3 is 2.60 bits per heavy atom. The zero-order valence-electron chi connectivity index (χ0n) is 8.71. The van der Waals surface area contributed by atoms with E-state index in [1.54, 1.807) is 7.11 Å². The predicted molar refractivity (Wildman–Crippen MR) is 59.4 cm³/mol. The monoisotopic (exact) mass is 250 g/mol. The second-order valence-electron chi connectivity index (χ2n) is 3.54. The van der Waals surface area contributed by atoms with Gasteiger partial charge < -0.3 is 10.1 Å². The summed E-state index contributed by atoms with van der Waals surface area (Å²) in [5.41, 5.74) is -0.319. The predicted octanol–water partition coefficient (Wildman–Crippen LogP) is 2.02. The average Bonchev–Trinajstić information content (AvgIpc) is 2.20. The normalized spacial score (nSPS) is 11.5. The molecule has 0 unspecified atom stereocenters. The standard InChI is InChI=1S/C8H12Cl2N4O/c1-8(2,15-3)4-11-6-5(9)13-14-7(10)12-6/h4H2,1-3H3,(H,11,12,14). The lowest BCUT2D eigenvalue weighted by Crippen LogP contribution is -2.32. The van der Waals surface area contributed by atoms with Crippen LogP contribution in [0.25, 0.3) is 0 Å². The van der Waals surface area contributed by atoms with Gasteiger partial charge in [-0.05, 0) is 25.4 Å². The Labute approximate surface area is 98.2 Å². The molecule has 0 amide bonds. The summed E-state index contributed by atoms with van der Waals surface area (Å²) in [5.74, 6) is 0.404. The summed E-state index contributed by atoms with van der Waals surface area (Å²) < 4.78 is 5.23. The van der Waals surface area contributed by atoms with E-state index in [0.717, 1.165) is 0 Å². The van der Waals surface area contributed by atoms with E-state index in [1.807, 2.05) is 13.8 Å². The molecule has 7 heteroatoms. The van der Waals surface area contributed by atoms with Crippen LogP contribution < -0.4 is 5.32 Å². The number of halogens is 2. The SMILES string of the molecule is COC(C)(C)CNc1nc(Cl)nnc1Cl. The minimum Gasteiger partial charge on any atom is -0.377 e. The molecule has 1 N–H and O–H groups in total. The molecular formula is C8H12Cl2N4O. The fraction of sp³-hybridized carbons (Fsp3) is 0.625. The summed E-state index contributed by atoms with van der Waals surface area (Å²) in [5, 5.41) is 10.4. The molecule has 15 heavy (non-hydrogen) atoms. The van der Waals surface area contributed by atoms with Crippen LogP contribution in [-0.2, 0) is 4.74 Å². The van der Waals surface area contributed by atoms with Gasteiger partial charge >= 0.3 is 0 Å². The maximum atomic E-state index is 5.77. The summed E-state index contributed by atoms with van der Waals surface area (Å²) in [6.45, 7) is 4.41. The Kier molecular flexibility index (Phi) is 4.07. The first-order chi connectivity index (χ1) is 6.94. The van der Waals surface area contributed by atoms with Crippen molar-refractivity contribution in [1.82, 2.24) is 15.2 Å². The Bertz CT molecular complexity index is 345. The minimum atomic E-state index is -0.319. The van der Waals surface area contributed by atoms with Gasteiger partial charge in [0, 0.05) is 13.7 Å². The van der Waals surface area contributed by atoms with E-state index in [4.69, 9.17) is 27.9 Å². The molecule has 1 rings (SSSR count). The van der Waals surface area contributed by atoms with E-state index in [9.17, 15) is 0 Å². The van der Waals surface area contributed by atoms with Gasteiger partial charge in [0.05, 0.1) is 5.60 Å². The number of ether oxygens (including phenoxy) is 1. The van der Waals surface area contributed by atoms with Gasteiger partial charge in [-0.3, -0.25) is 0 Å². The lowest BCUT2D eigenvalue weighted by molar-refractivity contribution is 0.0343. The second kappa shape index (κ2) is 4.92. The van der Waals surface area contributed by atoms with Crippen LogP contribution in [0.4, 0.5) is 5.82 Å². The molecule has 0 aromatic carbocycles. The van der Waals surface area contributed by atoms with Crippen molar-refractivity contribution in [3.63, 3.8) is 0 Å². The summed E-state index contributed by atoms with van der Waals surface area (Å²) >= 11 is 11.4. The summed E-state index contributed by atoms with van der Waals surface area (Å²) in [7, 11) is 1.63. The zero-order valence-corrected chi connectivity index (χ0v) is 10.2. The molecule has 1 heterocycles. The van der Waals surface area contributed by atoms with Crippen LogP contribution in [0, 0.1) is 0 Å². The van der Waals surface area contributed by atoms with Gasteiger partial charge in [0.2, 0.25) is 5.28 Å². The highest BCUT2D eigenvalue weighted by atomic mass is 35.5. The molecule has 5 nitrogen and oxygen atoms in total. The van der Waals surface area contributed by atoms with E-state index < -0.39 is 0 Å². The van der Waals surface area contributed by atoms with Crippen LogP contribution in [0.5, 0.6) is 0 Å². The van der Waals surface area contributed by atoms with Crippen molar-refractivity contribution in [1.29, 1.82) is 0 Å². The van der Waals surface area contributed by atoms with Crippen molar-refractivity contribution in [2.24, 2.45) is 0 Å². The smallest absolute Gasteiger partial charge is 0.245 e.